The van der Waals surface area contributed by atoms with Gasteiger partial charge in [0.15, 0.2) is 0 Å². The molecule has 0 fully saturated rings. The fourth-order valence-corrected chi connectivity index (χ4v) is 1.15. The van der Waals surface area contributed by atoms with E-state index in [-0.39, 0.29) is 4.82 Å². The van der Waals surface area contributed by atoms with Crippen LogP contribution in [0.15, 0.2) is 24.3 Å². The summed E-state index contributed by atoms with van der Waals surface area (Å²) >= 11 is 2.79. The normalized spacial score (nSPS) is 9.38. The quantitative estimate of drug-likeness (QED) is 0.654. The van der Waals surface area contributed by atoms with Gasteiger partial charge in [0.25, 0.3) is 4.82 Å². The van der Waals surface area contributed by atoms with E-state index in [2.05, 4.69) is 21.2 Å². The average Bonchev–Trinajstić information content (AvgIpc) is 2.15. The molecular formula is C9H10BrNO2. The smallest absolute Gasteiger partial charge is 0.287 e. The zero-order valence-electron chi connectivity index (χ0n) is 7.21. The van der Waals surface area contributed by atoms with Crippen molar-refractivity contribution < 1.29 is 9.53 Å². The molecule has 0 heterocycles. The van der Waals surface area contributed by atoms with Crippen molar-refractivity contribution in [3.8, 4) is 5.75 Å². The zero-order chi connectivity index (χ0) is 9.68. The van der Waals surface area contributed by atoms with Crippen molar-refractivity contribution in [2.45, 2.75) is 6.54 Å². The third kappa shape index (κ3) is 3.06. The summed E-state index contributed by atoms with van der Waals surface area (Å²) < 4.78 is 5.11. The van der Waals surface area contributed by atoms with Crippen molar-refractivity contribution in [3.05, 3.63) is 29.8 Å². The second kappa shape index (κ2) is 4.87. The van der Waals surface area contributed by atoms with Gasteiger partial charge in [-0.2, -0.15) is 0 Å². The van der Waals surface area contributed by atoms with Gasteiger partial charge < -0.3 is 10.1 Å². The molecule has 13 heavy (non-hydrogen) atoms. The summed E-state index contributed by atoms with van der Waals surface area (Å²) in [6.07, 6.45) is 0. The molecule has 4 heteroatoms. The maximum atomic E-state index is 10.6. The molecule has 70 valence electrons. The number of halogens is 1. The highest BCUT2D eigenvalue weighted by Gasteiger charge is 2.01. The van der Waals surface area contributed by atoms with E-state index in [4.69, 9.17) is 4.74 Å². The van der Waals surface area contributed by atoms with Gasteiger partial charge in [-0.1, -0.05) is 18.2 Å². The van der Waals surface area contributed by atoms with Gasteiger partial charge in [-0.05, 0) is 6.07 Å². The molecule has 0 spiro atoms. The molecule has 1 aromatic carbocycles. The van der Waals surface area contributed by atoms with Crippen molar-refractivity contribution in [1.82, 2.24) is 5.32 Å². The van der Waals surface area contributed by atoms with Crippen LogP contribution in [0.5, 0.6) is 5.75 Å². The number of carbonyl (C=O) groups excluding carboxylic acids is 1. The summed E-state index contributed by atoms with van der Waals surface area (Å²) in [5, 5.41) is 2.63. The van der Waals surface area contributed by atoms with Crippen LogP contribution < -0.4 is 10.1 Å². The number of benzene rings is 1. The van der Waals surface area contributed by atoms with E-state index in [1.54, 1.807) is 7.11 Å². The van der Waals surface area contributed by atoms with Crippen LogP contribution in [0.4, 0.5) is 4.79 Å². The van der Waals surface area contributed by atoms with Crippen LogP contribution in [0.3, 0.4) is 0 Å². The lowest BCUT2D eigenvalue weighted by Gasteiger charge is -2.07. The van der Waals surface area contributed by atoms with Crippen LogP contribution in [-0.4, -0.2) is 11.9 Å². The maximum Gasteiger partial charge on any atom is 0.287 e. The number of hydrogen-bond donors (Lipinski definition) is 1. The first-order chi connectivity index (χ1) is 6.24. The molecule has 3 nitrogen and oxygen atoms in total. The van der Waals surface area contributed by atoms with E-state index in [0.717, 1.165) is 11.3 Å². The Bertz CT molecular complexity index is 301. The number of para-hydroxylation sites is 1. The van der Waals surface area contributed by atoms with E-state index in [9.17, 15) is 4.79 Å². The number of amides is 1. The number of carbonyl (C=O) groups is 1. The van der Waals surface area contributed by atoms with E-state index < -0.39 is 0 Å². The highest BCUT2D eigenvalue weighted by molar-refractivity contribution is 9.18. The molecule has 0 radical (unpaired) electrons. The number of rotatable bonds is 3. The van der Waals surface area contributed by atoms with Crippen LogP contribution in [0.2, 0.25) is 0 Å². The molecule has 1 rings (SSSR count). The van der Waals surface area contributed by atoms with Gasteiger partial charge in [0, 0.05) is 28.0 Å². The lowest BCUT2D eigenvalue weighted by Crippen LogP contribution is -2.15. The fraction of sp³-hybridized carbons (Fsp3) is 0.222. The largest absolute Gasteiger partial charge is 0.496 e. The van der Waals surface area contributed by atoms with E-state index in [1.807, 2.05) is 24.3 Å². The van der Waals surface area contributed by atoms with Crippen LogP contribution in [0, 0.1) is 0 Å². The molecule has 1 amide bonds. The Hall–Kier alpha value is -1.03. The van der Waals surface area contributed by atoms with Gasteiger partial charge in [-0.3, -0.25) is 4.79 Å². The molecule has 0 aliphatic rings. The average molecular weight is 244 g/mol. The Kier molecular flexibility index (Phi) is 3.76. The molecule has 0 atom stereocenters. The summed E-state index contributed by atoms with van der Waals surface area (Å²) in [5.41, 5.74) is 0.956. The lowest BCUT2D eigenvalue weighted by molar-refractivity contribution is 0.261. The summed E-state index contributed by atoms with van der Waals surface area (Å²) in [6, 6.07) is 7.55. The van der Waals surface area contributed by atoms with Gasteiger partial charge in [-0.25, -0.2) is 0 Å². The first-order valence-electron chi connectivity index (χ1n) is 3.79. The summed E-state index contributed by atoms with van der Waals surface area (Å²) in [6.45, 7) is 0.466. The Balaban J connectivity index is 2.69. The minimum absolute atomic E-state index is 0.224. The van der Waals surface area contributed by atoms with Crippen molar-refractivity contribution >= 4 is 20.7 Å². The third-order valence-corrected chi connectivity index (χ3v) is 1.89. The molecule has 0 aliphatic carbocycles. The van der Waals surface area contributed by atoms with Gasteiger partial charge in [0.2, 0.25) is 0 Å². The Morgan fingerprint density at radius 3 is 2.85 bits per heavy atom. The van der Waals surface area contributed by atoms with Crippen LogP contribution in [0.1, 0.15) is 5.56 Å². The van der Waals surface area contributed by atoms with Crippen molar-refractivity contribution in [3.63, 3.8) is 0 Å². The topological polar surface area (TPSA) is 38.3 Å². The minimum atomic E-state index is -0.224. The molecular weight excluding hydrogens is 234 g/mol. The van der Waals surface area contributed by atoms with Gasteiger partial charge in [0.05, 0.1) is 7.11 Å². The molecule has 0 aromatic heterocycles. The third-order valence-electron chi connectivity index (χ3n) is 1.61. The summed E-state index contributed by atoms with van der Waals surface area (Å²) in [4.78, 5) is 10.4. The number of nitrogens with one attached hydrogen (secondary N) is 1. The van der Waals surface area contributed by atoms with E-state index in [1.165, 1.54) is 0 Å². The summed E-state index contributed by atoms with van der Waals surface area (Å²) in [7, 11) is 1.61. The second-order valence-corrected chi connectivity index (χ2v) is 3.16. The Morgan fingerprint density at radius 1 is 1.54 bits per heavy atom. The monoisotopic (exact) mass is 243 g/mol. The van der Waals surface area contributed by atoms with Gasteiger partial charge >= 0.3 is 0 Å². The highest BCUT2D eigenvalue weighted by atomic mass is 79.9. The zero-order valence-corrected chi connectivity index (χ0v) is 8.80. The number of hydrogen-bond acceptors (Lipinski definition) is 2. The van der Waals surface area contributed by atoms with Gasteiger partial charge in [0.1, 0.15) is 5.75 Å². The number of ether oxygens (including phenoxy) is 1. The van der Waals surface area contributed by atoms with E-state index in [0.29, 0.717) is 6.54 Å². The molecule has 0 saturated heterocycles. The highest BCUT2D eigenvalue weighted by Crippen LogP contribution is 2.16. The number of methoxy groups -OCH3 is 1. The second-order valence-electron chi connectivity index (χ2n) is 2.44. The van der Waals surface area contributed by atoms with Crippen LogP contribution in [0.25, 0.3) is 0 Å². The maximum absolute atomic E-state index is 10.6. The van der Waals surface area contributed by atoms with Crippen LogP contribution in [-0.2, 0) is 6.54 Å². The Morgan fingerprint density at radius 2 is 2.23 bits per heavy atom. The van der Waals surface area contributed by atoms with Crippen molar-refractivity contribution in [2.24, 2.45) is 0 Å². The summed E-state index contributed by atoms with van der Waals surface area (Å²) in [5.74, 6) is 0.781. The Labute approximate surface area is 85.2 Å². The first-order valence-corrected chi connectivity index (χ1v) is 4.58. The standard InChI is InChI=1S/C9H10BrNO2/c1-13-8-5-3-2-4-7(8)6-11-9(10)12/h2-5H,6H2,1H3,(H,11,12). The molecule has 0 bridgehead atoms. The minimum Gasteiger partial charge on any atom is -0.496 e. The molecule has 1 N–H and O–H groups in total. The predicted molar refractivity (Wildman–Crippen MR) is 54.2 cm³/mol. The molecule has 0 unspecified atom stereocenters. The SMILES string of the molecule is COc1ccccc1CNC(=O)Br. The van der Waals surface area contributed by atoms with Crippen molar-refractivity contribution in [1.29, 1.82) is 0 Å². The lowest BCUT2D eigenvalue weighted by atomic mass is 10.2. The fourth-order valence-electron chi connectivity index (χ4n) is 1.01. The molecule has 0 saturated carbocycles. The first kappa shape index (κ1) is 10.1. The van der Waals surface area contributed by atoms with E-state index >= 15 is 0 Å². The van der Waals surface area contributed by atoms with Crippen molar-refractivity contribution in [2.75, 3.05) is 7.11 Å². The van der Waals surface area contributed by atoms with Gasteiger partial charge in [-0.15, -0.1) is 0 Å². The molecule has 0 aliphatic heterocycles. The molecule has 1 aromatic rings. The van der Waals surface area contributed by atoms with Crippen LogP contribution >= 0.6 is 15.9 Å². The predicted octanol–water partition coefficient (Wildman–Crippen LogP) is 2.30.